The summed E-state index contributed by atoms with van der Waals surface area (Å²) in [7, 11) is 0. The fourth-order valence-electron chi connectivity index (χ4n) is 0.233. The van der Waals surface area contributed by atoms with Gasteiger partial charge in [0.1, 0.15) is 11.9 Å². The summed E-state index contributed by atoms with van der Waals surface area (Å²) < 4.78 is 66.9. The van der Waals surface area contributed by atoms with Crippen LogP contribution in [0.5, 0.6) is 0 Å². The zero-order chi connectivity index (χ0) is 8.36. The summed E-state index contributed by atoms with van der Waals surface area (Å²) in [5.41, 5.74) is -2.45. The molecule has 0 bridgehead atoms. The molecule has 0 aromatic heterocycles. The standard InChI is InChI=1S/C4H2F6/c5-1-2(3(6)7)4(8,9)10/h1,3H/b2-1+. The Labute approximate surface area is 52.1 Å². The van der Waals surface area contributed by atoms with E-state index in [0.29, 0.717) is 0 Å². The van der Waals surface area contributed by atoms with Crippen LogP contribution < -0.4 is 0 Å². The fraction of sp³-hybridized carbons (Fsp3) is 0.500. The van der Waals surface area contributed by atoms with Crippen molar-refractivity contribution in [2.75, 3.05) is 0 Å². The van der Waals surface area contributed by atoms with Crippen molar-refractivity contribution in [3.63, 3.8) is 0 Å². The molecule has 0 aliphatic carbocycles. The molecule has 0 heterocycles. The zero-order valence-electron chi connectivity index (χ0n) is 4.42. The van der Waals surface area contributed by atoms with Gasteiger partial charge in [-0.1, -0.05) is 0 Å². The van der Waals surface area contributed by atoms with Crippen LogP contribution in [0.15, 0.2) is 11.9 Å². The van der Waals surface area contributed by atoms with E-state index in [4.69, 9.17) is 0 Å². The Morgan fingerprint density at radius 2 is 1.60 bits per heavy atom. The molecule has 10 heavy (non-hydrogen) atoms. The lowest BCUT2D eigenvalue weighted by atomic mass is 10.3. The van der Waals surface area contributed by atoms with Gasteiger partial charge in [0.05, 0.1) is 0 Å². The van der Waals surface area contributed by atoms with E-state index in [1.807, 2.05) is 0 Å². The second kappa shape index (κ2) is 2.94. The van der Waals surface area contributed by atoms with Crippen LogP contribution >= 0.6 is 0 Å². The summed E-state index contributed by atoms with van der Waals surface area (Å²) in [6.07, 6.45) is -10.2. The highest BCUT2D eigenvalue weighted by molar-refractivity contribution is 5.07. The SMILES string of the molecule is F/C=C(\C(F)F)C(F)(F)F. The van der Waals surface area contributed by atoms with Gasteiger partial charge < -0.3 is 0 Å². The Hall–Kier alpha value is -0.680. The maximum absolute atomic E-state index is 11.2. The molecule has 0 amide bonds. The van der Waals surface area contributed by atoms with Crippen LogP contribution in [-0.4, -0.2) is 12.6 Å². The fourth-order valence-corrected chi connectivity index (χ4v) is 0.233. The van der Waals surface area contributed by atoms with Gasteiger partial charge in [0.2, 0.25) is 0 Å². The van der Waals surface area contributed by atoms with Crippen LogP contribution in [0.1, 0.15) is 0 Å². The van der Waals surface area contributed by atoms with E-state index in [9.17, 15) is 26.3 Å². The zero-order valence-corrected chi connectivity index (χ0v) is 4.42. The Morgan fingerprint density at radius 1 is 1.20 bits per heavy atom. The van der Waals surface area contributed by atoms with Crippen LogP contribution in [0.3, 0.4) is 0 Å². The lowest BCUT2D eigenvalue weighted by Gasteiger charge is -2.07. The maximum Gasteiger partial charge on any atom is 0.420 e. The van der Waals surface area contributed by atoms with Gasteiger partial charge in [0.15, 0.2) is 0 Å². The number of allylic oxidation sites excluding steroid dienone is 1. The van der Waals surface area contributed by atoms with Crippen molar-refractivity contribution in [1.82, 2.24) is 0 Å². The molecular formula is C4H2F6. The molecule has 0 radical (unpaired) electrons. The Morgan fingerprint density at radius 3 is 1.60 bits per heavy atom. The smallest absolute Gasteiger partial charge is 0.215 e. The minimum Gasteiger partial charge on any atom is -0.215 e. The summed E-state index contributed by atoms with van der Waals surface area (Å²) >= 11 is 0. The quantitative estimate of drug-likeness (QED) is 0.522. The van der Waals surface area contributed by atoms with Gasteiger partial charge in [-0.25, -0.2) is 13.2 Å². The summed E-state index contributed by atoms with van der Waals surface area (Å²) in [6, 6.07) is 0. The molecule has 60 valence electrons. The van der Waals surface area contributed by atoms with Crippen molar-refractivity contribution in [2.24, 2.45) is 0 Å². The molecule has 0 unspecified atom stereocenters. The Bertz CT molecular complexity index is 131. The first-order valence-corrected chi connectivity index (χ1v) is 2.05. The van der Waals surface area contributed by atoms with Gasteiger partial charge >= 0.3 is 6.18 Å². The van der Waals surface area contributed by atoms with Crippen molar-refractivity contribution < 1.29 is 26.3 Å². The Kier molecular flexibility index (Phi) is 2.74. The predicted octanol–water partition coefficient (Wildman–Crippen LogP) is 2.67. The third-order valence-electron chi connectivity index (χ3n) is 0.680. The van der Waals surface area contributed by atoms with Gasteiger partial charge in [-0.3, -0.25) is 0 Å². The van der Waals surface area contributed by atoms with E-state index in [1.165, 1.54) is 0 Å². The number of alkyl halides is 5. The molecule has 0 fully saturated rings. The minimum atomic E-state index is -5.27. The molecule has 0 aromatic carbocycles. The van der Waals surface area contributed by atoms with Crippen LogP contribution in [0.25, 0.3) is 0 Å². The minimum absolute atomic E-state index is 1.13. The summed E-state index contributed by atoms with van der Waals surface area (Å²) in [6.45, 7) is 0. The van der Waals surface area contributed by atoms with E-state index < -0.39 is 24.5 Å². The molecule has 0 spiro atoms. The van der Waals surface area contributed by atoms with Gasteiger partial charge in [-0.2, -0.15) is 13.2 Å². The van der Waals surface area contributed by atoms with Crippen molar-refractivity contribution >= 4 is 0 Å². The molecule has 0 saturated heterocycles. The summed E-state index contributed by atoms with van der Waals surface area (Å²) in [5, 5.41) is 0. The van der Waals surface area contributed by atoms with Gasteiger partial charge in [0, 0.05) is 0 Å². The van der Waals surface area contributed by atoms with E-state index in [0.717, 1.165) is 0 Å². The highest BCUT2D eigenvalue weighted by atomic mass is 19.4. The van der Waals surface area contributed by atoms with Gasteiger partial charge in [-0.05, 0) is 0 Å². The first-order chi connectivity index (χ1) is 4.39. The summed E-state index contributed by atoms with van der Waals surface area (Å²) in [4.78, 5) is 0. The van der Waals surface area contributed by atoms with Crippen molar-refractivity contribution in [3.05, 3.63) is 11.9 Å². The lowest BCUT2D eigenvalue weighted by molar-refractivity contribution is -0.109. The van der Waals surface area contributed by atoms with E-state index in [2.05, 4.69) is 0 Å². The average molecular weight is 164 g/mol. The van der Waals surface area contributed by atoms with Gasteiger partial charge in [-0.15, -0.1) is 0 Å². The van der Waals surface area contributed by atoms with Crippen molar-refractivity contribution in [1.29, 1.82) is 0 Å². The van der Waals surface area contributed by atoms with Gasteiger partial charge in [0.25, 0.3) is 6.43 Å². The van der Waals surface area contributed by atoms with Crippen LogP contribution in [0.4, 0.5) is 26.3 Å². The molecule has 0 aliphatic heterocycles. The monoisotopic (exact) mass is 164 g/mol. The molecule has 0 aliphatic rings. The third-order valence-corrected chi connectivity index (χ3v) is 0.680. The topological polar surface area (TPSA) is 0 Å². The van der Waals surface area contributed by atoms with Crippen molar-refractivity contribution in [3.8, 4) is 0 Å². The highest BCUT2D eigenvalue weighted by Crippen LogP contribution is 2.30. The van der Waals surface area contributed by atoms with E-state index in [-0.39, 0.29) is 0 Å². The third kappa shape index (κ3) is 2.28. The van der Waals surface area contributed by atoms with Crippen molar-refractivity contribution in [2.45, 2.75) is 12.6 Å². The highest BCUT2D eigenvalue weighted by Gasteiger charge is 2.39. The largest absolute Gasteiger partial charge is 0.420 e. The van der Waals surface area contributed by atoms with Crippen LogP contribution in [0, 0.1) is 0 Å². The molecule has 0 nitrogen and oxygen atoms in total. The molecule has 0 N–H and O–H groups in total. The first-order valence-electron chi connectivity index (χ1n) is 2.05. The van der Waals surface area contributed by atoms with Crippen LogP contribution in [0.2, 0.25) is 0 Å². The lowest BCUT2D eigenvalue weighted by Crippen LogP contribution is -2.17. The molecular weight excluding hydrogens is 162 g/mol. The Balaban J connectivity index is 4.40. The number of halogens is 6. The molecule has 0 rings (SSSR count). The number of rotatable bonds is 1. The number of hydrogen-bond donors (Lipinski definition) is 0. The molecule has 6 heteroatoms. The second-order valence-electron chi connectivity index (χ2n) is 1.36. The second-order valence-corrected chi connectivity index (χ2v) is 1.36. The summed E-state index contributed by atoms with van der Waals surface area (Å²) in [5.74, 6) is 0. The predicted molar refractivity (Wildman–Crippen MR) is 21.2 cm³/mol. The number of hydrogen-bond acceptors (Lipinski definition) is 0. The molecule has 0 saturated carbocycles. The molecule has 0 atom stereocenters. The molecule has 0 aromatic rings. The van der Waals surface area contributed by atoms with E-state index in [1.54, 1.807) is 0 Å². The van der Waals surface area contributed by atoms with Crippen LogP contribution in [-0.2, 0) is 0 Å². The average Bonchev–Trinajstić information content (AvgIpc) is 1.60. The normalized spacial score (nSPS) is 14.5. The maximum atomic E-state index is 11.2. The first kappa shape index (κ1) is 9.32. The van der Waals surface area contributed by atoms with E-state index >= 15 is 0 Å².